The van der Waals surface area contributed by atoms with E-state index in [0.717, 1.165) is 73.0 Å². The van der Waals surface area contributed by atoms with Gasteiger partial charge in [0.2, 0.25) is 0 Å². The van der Waals surface area contributed by atoms with Gasteiger partial charge in [0, 0.05) is 33.4 Å². The molecule has 6 nitrogen and oxygen atoms in total. The van der Waals surface area contributed by atoms with E-state index in [2.05, 4.69) is 109 Å². The van der Waals surface area contributed by atoms with Crippen LogP contribution in [-0.2, 0) is 5.41 Å². The second kappa shape index (κ2) is 13.5. The predicted molar refractivity (Wildman–Crippen MR) is 235 cm³/mol. The quantitative estimate of drug-likeness (QED) is 0.154. The van der Waals surface area contributed by atoms with Crippen LogP contribution in [0, 0.1) is 17.8 Å². The van der Waals surface area contributed by atoms with Crippen molar-refractivity contribution in [2.75, 3.05) is 0 Å². The second-order valence-electron chi connectivity index (χ2n) is 16.4. The molecule has 2 atom stereocenters. The van der Waals surface area contributed by atoms with Crippen molar-refractivity contribution in [2.45, 2.75) is 24.7 Å². The number of benzene rings is 7. The Morgan fingerprint density at radius 3 is 1.25 bits per heavy atom. The van der Waals surface area contributed by atoms with Crippen molar-refractivity contribution < 1.29 is 0 Å². The molecule has 2 aromatic heterocycles. The van der Waals surface area contributed by atoms with Gasteiger partial charge in [-0.15, -0.1) is 0 Å². The molecule has 0 spiro atoms. The van der Waals surface area contributed by atoms with Crippen molar-refractivity contribution in [1.82, 2.24) is 29.9 Å². The minimum Gasteiger partial charge on any atom is -0.208 e. The van der Waals surface area contributed by atoms with Crippen LogP contribution in [0.5, 0.6) is 0 Å². The zero-order valence-electron chi connectivity index (χ0n) is 32.3. The summed E-state index contributed by atoms with van der Waals surface area (Å²) in [7, 11) is 0. The van der Waals surface area contributed by atoms with Crippen LogP contribution >= 0.6 is 0 Å². The van der Waals surface area contributed by atoms with Crippen LogP contribution in [0.1, 0.15) is 24.8 Å². The maximum Gasteiger partial charge on any atom is 0.164 e. The number of hydrogen-bond acceptors (Lipinski definition) is 6. The van der Waals surface area contributed by atoms with Crippen LogP contribution in [0.3, 0.4) is 0 Å². The molecule has 0 saturated heterocycles. The van der Waals surface area contributed by atoms with Gasteiger partial charge in [0.15, 0.2) is 34.9 Å². The van der Waals surface area contributed by atoms with Crippen LogP contribution in [0.15, 0.2) is 176 Å². The maximum absolute atomic E-state index is 5.30. The molecule has 0 bridgehead atoms. The van der Waals surface area contributed by atoms with Crippen LogP contribution in [0.2, 0.25) is 0 Å². The molecule has 6 heteroatoms. The fraction of sp³-hybridized carbons (Fsp3) is 0.132. The number of aromatic nitrogens is 6. The third kappa shape index (κ3) is 5.62. The van der Waals surface area contributed by atoms with Crippen LogP contribution in [-0.4, -0.2) is 29.9 Å². The Kier molecular flexibility index (Phi) is 7.73. The molecule has 9 aromatic rings. The molecule has 3 aliphatic rings. The first-order valence-electron chi connectivity index (χ1n) is 20.6. The molecule has 0 radical (unpaired) electrons. The summed E-state index contributed by atoms with van der Waals surface area (Å²) in [6.07, 6.45) is 4.06. The van der Waals surface area contributed by atoms with Gasteiger partial charge in [-0.2, -0.15) is 0 Å². The number of rotatable bonds is 8. The zero-order chi connectivity index (χ0) is 38.9. The summed E-state index contributed by atoms with van der Waals surface area (Å²) in [5.41, 5.74) is 9.71. The van der Waals surface area contributed by atoms with Gasteiger partial charge >= 0.3 is 0 Å². The van der Waals surface area contributed by atoms with Gasteiger partial charge in [-0.3, -0.25) is 0 Å². The molecular weight excluding hydrogens is 721 g/mol. The van der Waals surface area contributed by atoms with Crippen molar-refractivity contribution in [3.05, 3.63) is 181 Å². The van der Waals surface area contributed by atoms with Crippen molar-refractivity contribution in [3.8, 4) is 79.5 Å². The van der Waals surface area contributed by atoms with E-state index in [1.807, 2.05) is 66.7 Å². The fourth-order valence-corrected chi connectivity index (χ4v) is 10.4. The van der Waals surface area contributed by atoms with Gasteiger partial charge in [0.25, 0.3) is 0 Å². The second-order valence-corrected chi connectivity index (χ2v) is 16.4. The van der Waals surface area contributed by atoms with E-state index in [-0.39, 0.29) is 0 Å². The lowest BCUT2D eigenvalue weighted by atomic mass is 9.28. The molecule has 0 amide bonds. The lowest BCUT2D eigenvalue weighted by Crippen LogP contribution is -2.71. The molecule has 12 rings (SSSR count). The molecule has 3 saturated carbocycles. The molecule has 7 aromatic carbocycles. The SMILES string of the molecule is c1ccc(-c2cccc(-c3nc(-c4cccc(C56CC7CC(C5)C76)c4)nc(-c4cccc5c(-c6nc(-c7ccccc7)nc(-c7ccccc7)n6)cccc45)n3)c2)cc1. The van der Waals surface area contributed by atoms with Crippen LogP contribution < -0.4 is 0 Å². The molecule has 3 aliphatic carbocycles. The van der Waals surface area contributed by atoms with E-state index in [9.17, 15) is 0 Å². The Balaban J connectivity index is 1.02. The first-order chi connectivity index (χ1) is 29.2. The van der Waals surface area contributed by atoms with E-state index >= 15 is 0 Å². The summed E-state index contributed by atoms with van der Waals surface area (Å²) >= 11 is 0. The van der Waals surface area contributed by atoms with E-state index in [1.54, 1.807) is 0 Å². The molecule has 3 fully saturated rings. The minimum atomic E-state index is 0.341. The fourth-order valence-electron chi connectivity index (χ4n) is 10.4. The van der Waals surface area contributed by atoms with Crippen LogP contribution in [0.4, 0.5) is 0 Å². The van der Waals surface area contributed by atoms with E-state index < -0.39 is 0 Å². The van der Waals surface area contributed by atoms with Gasteiger partial charge in [-0.05, 0) is 82.0 Å². The number of fused-ring (bicyclic) bond motifs is 1. The molecular formula is C53H38N6. The first kappa shape index (κ1) is 33.9. The Bertz CT molecular complexity index is 2990. The standard InChI is InChI=1S/C53H38N6/c1-4-14-33(15-5-1)36-20-10-21-37(28-36)49-55-50(38-22-11-23-41(30-38)53-31-39-29-40(32-53)46(39)53)59-52(58-49)45-27-13-24-42-43(45)25-12-26-44(42)51-56-47(34-16-6-2-7-17-34)54-48(57-51)35-18-8-3-9-19-35/h1-28,30,39-40,46H,29,31-32H2. The van der Waals surface area contributed by atoms with Gasteiger partial charge in [0.05, 0.1) is 0 Å². The molecule has 280 valence electrons. The van der Waals surface area contributed by atoms with Crippen molar-refractivity contribution in [1.29, 1.82) is 0 Å². The highest BCUT2D eigenvalue weighted by molar-refractivity contribution is 6.03. The Labute approximate surface area is 342 Å². The zero-order valence-corrected chi connectivity index (χ0v) is 32.3. The lowest BCUT2D eigenvalue weighted by Gasteiger charge is -2.76. The molecule has 2 unspecified atom stereocenters. The monoisotopic (exact) mass is 758 g/mol. The van der Waals surface area contributed by atoms with Crippen molar-refractivity contribution in [2.24, 2.45) is 17.8 Å². The van der Waals surface area contributed by atoms with Gasteiger partial charge < -0.3 is 0 Å². The van der Waals surface area contributed by atoms with Crippen molar-refractivity contribution >= 4 is 10.8 Å². The maximum atomic E-state index is 5.30. The Hall–Kier alpha value is -7.18. The van der Waals surface area contributed by atoms with Gasteiger partial charge in [-0.25, -0.2) is 29.9 Å². The smallest absolute Gasteiger partial charge is 0.164 e. The lowest BCUT2D eigenvalue weighted by molar-refractivity contribution is -0.219. The highest BCUT2D eigenvalue weighted by atomic mass is 15.0. The minimum absolute atomic E-state index is 0.341. The highest BCUT2D eigenvalue weighted by Crippen LogP contribution is 2.77. The third-order valence-electron chi connectivity index (χ3n) is 13.2. The normalized spacial score (nSPS) is 19.9. The average molecular weight is 759 g/mol. The predicted octanol–water partition coefficient (Wildman–Crippen LogP) is 12.2. The van der Waals surface area contributed by atoms with E-state index in [0.29, 0.717) is 40.4 Å². The Morgan fingerprint density at radius 1 is 0.339 bits per heavy atom. The topological polar surface area (TPSA) is 77.3 Å². The molecule has 0 aliphatic heterocycles. The van der Waals surface area contributed by atoms with E-state index in [4.69, 9.17) is 29.9 Å². The molecule has 2 heterocycles. The number of nitrogens with zero attached hydrogens (tertiary/aromatic N) is 6. The summed E-state index contributed by atoms with van der Waals surface area (Å²) < 4.78 is 0. The third-order valence-corrected chi connectivity index (χ3v) is 13.2. The van der Waals surface area contributed by atoms with Gasteiger partial charge in [0.1, 0.15) is 0 Å². The van der Waals surface area contributed by atoms with Gasteiger partial charge in [-0.1, -0.05) is 164 Å². The Morgan fingerprint density at radius 2 is 0.746 bits per heavy atom. The summed E-state index contributed by atoms with van der Waals surface area (Å²) in [6, 6.07) is 60.9. The number of hydrogen-bond donors (Lipinski definition) is 0. The largest absolute Gasteiger partial charge is 0.208 e. The van der Waals surface area contributed by atoms with Crippen LogP contribution in [0.25, 0.3) is 90.2 Å². The summed E-state index contributed by atoms with van der Waals surface area (Å²) in [5.74, 6) is 6.52. The summed E-state index contributed by atoms with van der Waals surface area (Å²) in [6.45, 7) is 0. The summed E-state index contributed by atoms with van der Waals surface area (Å²) in [4.78, 5) is 30.9. The summed E-state index contributed by atoms with van der Waals surface area (Å²) in [5, 5.41) is 2.01. The average Bonchev–Trinajstić information content (AvgIpc) is 3.31. The highest BCUT2D eigenvalue weighted by Gasteiger charge is 2.71. The first-order valence-corrected chi connectivity index (χ1v) is 20.6. The van der Waals surface area contributed by atoms with Crippen molar-refractivity contribution in [3.63, 3.8) is 0 Å². The van der Waals surface area contributed by atoms with E-state index in [1.165, 1.54) is 24.8 Å². The molecule has 0 N–H and O–H groups in total. The molecule has 59 heavy (non-hydrogen) atoms.